The standard InChI is InChI=1S/C24H27N7O/c1-18-4-7-21(19(2)24(18)25-3)10-11-29-12-14-30(15-13-29)23(32)16-20-5-8-22(9-6-20)31-17-26-27-28-31/h4-9,17H,10-16H2,1-2H3. The minimum absolute atomic E-state index is 0.163. The summed E-state index contributed by atoms with van der Waals surface area (Å²) in [5.41, 5.74) is 6.01. The lowest BCUT2D eigenvalue weighted by Gasteiger charge is -2.35. The zero-order valence-corrected chi connectivity index (χ0v) is 18.5. The lowest BCUT2D eigenvalue weighted by atomic mass is 10.00. The van der Waals surface area contributed by atoms with Crippen LogP contribution in [0.5, 0.6) is 0 Å². The molecule has 1 fully saturated rings. The van der Waals surface area contributed by atoms with Crippen LogP contribution in [0.25, 0.3) is 10.5 Å². The molecule has 3 aromatic rings. The van der Waals surface area contributed by atoms with Gasteiger partial charge in [-0.3, -0.25) is 9.69 Å². The molecule has 0 saturated carbocycles. The molecule has 1 aromatic heterocycles. The highest BCUT2D eigenvalue weighted by Crippen LogP contribution is 2.27. The second kappa shape index (κ2) is 9.71. The van der Waals surface area contributed by atoms with Gasteiger partial charge in [0.05, 0.1) is 18.7 Å². The third-order valence-electron chi connectivity index (χ3n) is 6.18. The number of piperazine rings is 1. The molecule has 8 nitrogen and oxygen atoms in total. The number of carbonyl (C=O) groups is 1. The van der Waals surface area contributed by atoms with Crippen molar-refractivity contribution < 1.29 is 4.79 Å². The Balaban J connectivity index is 1.26. The summed E-state index contributed by atoms with van der Waals surface area (Å²) < 4.78 is 1.59. The summed E-state index contributed by atoms with van der Waals surface area (Å²) in [6.07, 6.45) is 2.87. The zero-order chi connectivity index (χ0) is 22.5. The van der Waals surface area contributed by atoms with Crippen molar-refractivity contribution in [3.63, 3.8) is 0 Å². The summed E-state index contributed by atoms with van der Waals surface area (Å²) in [4.78, 5) is 20.8. The predicted molar refractivity (Wildman–Crippen MR) is 122 cm³/mol. The number of aromatic nitrogens is 4. The average molecular weight is 430 g/mol. The van der Waals surface area contributed by atoms with E-state index in [1.165, 1.54) is 5.56 Å². The second-order valence-corrected chi connectivity index (χ2v) is 8.20. The Labute approximate surface area is 188 Å². The molecular formula is C24H27N7O. The van der Waals surface area contributed by atoms with Gasteiger partial charge in [0.1, 0.15) is 6.33 Å². The highest BCUT2D eigenvalue weighted by atomic mass is 16.2. The molecule has 0 N–H and O–H groups in total. The highest BCUT2D eigenvalue weighted by Gasteiger charge is 2.21. The number of carbonyl (C=O) groups excluding carboxylic acids is 1. The topological polar surface area (TPSA) is 71.5 Å². The first-order valence-corrected chi connectivity index (χ1v) is 10.8. The molecular weight excluding hydrogens is 402 g/mol. The van der Waals surface area contributed by atoms with E-state index in [1.807, 2.05) is 49.1 Å². The van der Waals surface area contributed by atoms with Gasteiger partial charge in [0.25, 0.3) is 0 Å². The van der Waals surface area contributed by atoms with E-state index in [0.717, 1.165) is 67.2 Å². The molecule has 4 rings (SSSR count). The number of tetrazole rings is 1. The molecule has 2 aromatic carbocycles. The molecule has 1 aliphatic heterocycles. The highest BCUT2D eigenvalue weighted by molar-refractivity contribution is 5.79. The van der Waals surface area contributed by atoms with E-state index in [-0.39, 0.29) is 5.91 Å². The van der Waals surface area contributed by atoms with Crippen molar-refractivity contribution in [3.05, 3.63) is 76.4 Å². The van der Waals surface area contributed by atoms with Crippen molar-refractivity contribution in [2.45, 2.75) is 26.7 Å². The van der Waals surface area contributed by atoms with Crippen molar-refractivity contribution in [2.75, 3.05) is 32.7 Å². The molecule has 0 unspecified atom stereocenters. The first-order valence-electron chi connectivity index (χ1n) is 10.8. The molecule has 2 heterocycles. The van der Waals surface area contributed by atoms with Gasteiger partial charge in [-0.1, -0.05) is 29.8 Å². The van der Waals surface area contributed by atoms with Gasteiger partial charge in [0.2, 0.25) is 5.91 Å². The molecule has 1 aliphatic rings. The van der Waals surface area contributed by atoms with E-state index in [0.29, 0.717) is 6.42 Å². The van der Waals surface area contributed by atoms with Crippen LogP contribution in [0, 0.1) is 20.4 Å². The Hall–Kier alpha value is -3.57. The van der Waals surface area contributed by atoms with Crippen LogP contribution in [0.2, 0.25) is 0 Å². The van der Waals surface area contributed by atoms with Crippen LogP contribution >= 0.6 is 0 Å². The van der Waals surface area contributed by atoms with E-state index in [2.05, 4.69) is 31.3 Å². The van der Waals surface area contributed by atoms with Crippen LogP contribution < -0.4 is 0 Å². The molecule has 32 heavy (non-hydrogen) atoms. The summed E-state index contributed by atoms with van der Waals surface area (Å²) >= 11 is 0. The largest absolute Gasteiger partial charge is 0.340 e. The Morgan fingerprint density at radius 1 is 1.06 bits per heavy atom. The second-order valence-electron chi connectivity index (χ2n) is 8.20. The zero-order valence-electron chi connectivity index (χ0n) is 18.5. The van der Waals surface area contributed by atoms with E-state index < -0.39 is 0 Å². The first-order chi connectivity index (χ1) is 15.5. The van der Waals surface area contributed by atoms with Crippen molar-refractivity contribution in [1.82, 2.24) is 30.0 Å². The molecule has 1 saturated heterocycles. The summed E-state index contributed by atoms with van der Waals surface area (Å²) in [7, 11) is 0. The number of aryl methyl sites for hydroxylation is 1. The van der Waals surface area contributed by atoms with Crippen LogP contribution in [0.15, 0.2) is 42.7 Å². The van der Waals surface area contributed by atoms with Crippen molar-refractivity contribution >= 4 is 11.6 Å². The molecule has 1 amide bonds. The number of nitrogens with zero attached hydrogens (tertiary/aromatic N) is 7. The Morgan fingerprint density at radius 3 is 2.47 bits per heavy atom. The van der Waals surface area contributed by atoms with Gasteiger partial charge in [-0.2, -0.15) is 0 Å². The average Bonchev–Trinajstić information content (AvgIpc) is 3.35. The summed E-state index contributed by atoms with van der Waals surface area (Å²) in [6, 6.07) is 11.9. The third-order valence-corrected chi connectivity index (χ3v) is 6.18. The summed E-state index contributed by atoms with van der Waals surface area (Å²) in [5, 5.41) is 11.1. The third kappa shape index (κ3) is 4.84. The lowest BCUT2D eigenvalue weighted by Crippen LogP contribution is -2.49. The van der Waals surface area contributed by atoms with Gasteiger partial charge in [-0.25, -0.2) is 9.53 Å². The van der Waals surface area contributed by atoms with E-state index in [9.17, 15) is 4.79 Å². The maximum Gasteiger partial charge on any atom is 0.227 e. The molecule has 0 spiro atoms. The predicted octanol–water partition coefficient (Wildman–Crippen LogP) is 2.76. The quantitative estimate of drug-likeness (QED) is 0.564. The van der Waals surface area contributed by atoms with Crippen LogP contribution in [0.4, 0.5) is 5.69 Å². The summed E-state index contributed by atoms with van der Waals surface area (Å²) in [6.45, 7) is 15.6. The van der Waals surface area contributed by atoms with Crippen molar-refractivity contribution in [1.29, 1.82) is 0 Å². The van der Waals surface area contributed by atoms with E-state index >= 15 is 0 Å². The van der Waals surface area contributed by atoms with Gasteiger partial charge in [-0.05, 0) is 59.5 Å². The van der Waals surface area contributed by atoms with Gasteiger partial charge in [0, 0.05) is 32.7 Å². The Kier molecular flexibility index (Phi) is 6.57. The van der Waals surface area contributed by atoms with Gasteiger partial charge >= 0.3 is 0 Å². The minimum Gasteiger partial charge on any atom is -0.340 e. The Morgan fingerprint density at radius 2 is 1.81 bits per heavy atom. The Bertz CT molecular complexity index is 1110. The van der Waals surface area contributed by atoms with E-state index in [1.54, 1.807) is 11.0 Å². The monoisotopic (exact) mass is 429 g/mol. The number of rotatable bonds is 6. The smallest absolute Gasteiger partial charge is 0.227 e. The molecule has 0 bridgehead atoms. The van der Waals surface area contributed by atoms with E-state index in [4.69, 9.17) is 6.57 Å². The van der Waals surface area contributed by atoms with Crippen LogP contribution in [0.1, 0.15) is 22.3 Å². The first kappa shape index (κ1) is 21.7. The molecule has 0 atom stereocenters. The SMILES string of the molecule is [C-]#[N+]c1c(C)ccc(CCN2CCN(C(=O)Cc3ccc(-n4cnnn4)cc3)CC2)c1C. The number of amides is 1. The van der Waals surface area contributed by atoms with Gasteiger partial charge in [0.15, 0.2) is 5.69 Å². The normalized spacial score (nSPS) is 14.3. The minimum atomic E-state index is 0.163. The number of hydrogen-bond donors (Lipinski definition) is 0. The number of hydrogen-bond acceptors (Lipinski definition) is 5. The number of benzene rings is 2. The molecule has 8 heteroatoms. The molecule has 0 radical (unpaired) electrons. The fourth-order valence-corrected chi connectivity index (χ4v) is 4.15. The van der Waals surface area contributed by atoms with Crippen LogP contribution in [-0.4, -0.2) is 68.6 Å². The fourth-order valence-electron chi connectivity index (χ4n) is 4.15. The van der Waals surface area contributed by atoms with Gasteiger partial charge in [-0.15, -0.1) is 5.10 Å². The molecule has 164 valence electrons. The van der Waals surface area contributed by atoms with Crippen LogP contribution in [0.3, 0.4) is 0 Å². The van der Waals surface area contributed by atoms with Crippen LogP contribution in [-0.2, 0) is 17.6 Å². The van der Waals surface area contributed by atoms with Crippen molar-refractivity contribution in [3.8, 4) is 5.69 Å². The summed E-state index contributed by atoms with van der Waals surface area (Å²) in [5.74, 6) is 0.163. The van der Waals surface area contributed by atoms with Gasteiger partial charge < -0.3 is 4.90 Å². The lowest BCUT2D eigenvalue weighted by molar-refractivity contribution is -0.132. The van der Waals surface area contributed by atoms with Crippen molar-refractivity contribution in [2.24, 2.45) is 0 Å². The molecule has 0 aliphatic carbocycles. The fraction of sp³-hybridized carbons (Fsp3) is 0.375. The maximum absolute atomic E-state index is 12.8. The maximum atomic E-state index is 12.8.